The van der Waals surface area contributed by atoms with Gasteiger partial charge < -0.3 is 4.74 Å². The Balaban J connectivity index is 1.95. The number of rotatable bonds is 4. The Morgan fingerprint density at radius 1 is 0.870 bits per heavy atom. The minimum absolute atomic E-state index is 0.0971. The van der Waals surface area contributed by atoms with Crippen molar-refractivity contribution in [1.29, 1.82) is 0 Å². The average molecular weight is 342 g/mol. The van der Waals surface area contributed by atoms with Crippen molar-refractivity contribution in [3.05, 3.63) is 73.0 Å². The summed E-state index contributed by atoms with van der Waals surface area (Å²) >= 11 is 3.29. The van der Waals surface area contributed by atoms with E-state index in [1.54, 1.807) is 29.6 Å². The molecule has 23 heavy (non-hydrogen) atoms. The summed E-state index contributed by atoms with van der Waals surface area (Å²) in [5, 5.41) is 0. The second-order valence-corrected chi connectivity index (χ2v) is 8.23. The van der Waals surface area contributed by atoms with E-state index in [1.165, 1.54) is 6.26 Å². The summed E-state index contributed by atoms with van der Waals surface area (Å²) in [5.41, 5.74) is 0. The first kappa shape index (κ1) is 16.2. The van der Waals surface area contributed by atoms with E-state index in [2.05, 4.69) is 24.3 Å². The predicted octanol–water partition coefficient (Wildman–Crippen LogP) is 5.16. The van der Waals surface area contributed by atoms with Gasteiger partial charge in [0.25, 0.3) is 0 Å². The molecule has 4 heteroatoms. The molecule has 2 nitrogen and oxygen atoms in total. The second-order valence-electron chi connectivity index (χ2n) is 5.22. The Bertz CT molecular complexity index is 627. The summed E-state index contributed by atoms with van der Waals surface area (Å²) in [6, 6.07) is 20.3. The smallest absolute Gasteiger partial charge is 0.185 e. The Morgan fingerprint density at radius 2 is 1.43 bits per heavy atom. The minimum atomic E-state index is -0.553. The maximum Gasteiger partial charge on any atom is 0.185 e. The van der Waals surface area contributed by atoms with E-state index < -0.39 is 4.08 Å². The van der Waals surface area contributed by atoms with E-state index >= 15 is 0 Å². The third-order valence-electron chi connectivity index (χ3n) is 3.51. The quantitative estimate of drug-likeness (QED) is 0.717. The zero-order valence-electron chi connectivity index (χ0n) is 12.7. The molecule has 2 aromatic carbocycles. The molecule has 0 N–H and O–H groups in total. The number of benzene rings is 2. The van der Waals surface area contributed by atoms with Crippen LogP contribution in [-0.4, -0.2) is 16.5 Å². The normalized spacial score (nSPS) is 18.5. The number of carbonyl (C=O) groups is 1. The monoisotopic (exact) mass is 342 g/mol. The lowest BCUT2D eigenvalue weighted by Gasteiger charge is -2.31. The molecule has 1 aliphatic heterocycles. The van der Waals surface area contributed by atoms with E-state index in [1.807, 2.05) is 36.4 Å². The highest BCUT2D eigenvalue weighted by Crippen LogP contribution is 2.49. The van der Waals surface area contributed by atoms with Crippen LogP contribution < -0.4 is 0 Å². The molecule has 118 valence electrons. The van der Waals surface area contributed by atoms with E-state index in [9.17, 15) is 4.79 Å². The van der Waals surface area contributed by atoms with Gasteiger partial charge in [-0.1, -0.05) is 59.9 Å². The average Bonchev–Trinajstić information content (AvgIpc) is 2.58. The molecule has 0 amide bonds. The van der Waals surface area contributed by atoms with Crippen LogP contribution in [0, 0.1) is 0 Å². The molecular formula is C19H18O2S2. The van der Waals surface area contributed by atoms with Gasteiger partial charge in [0.2, 0.25) is 0 Å². The highest BCUT2D eigenvalue weighted by Gasteiger charge is 2.39. The van der Waals surface area contributed by atoms with Crippen molar-refractivity contribution in [2.24, 2.45) is 0 Å². The van der Waals surface area contributed by atoms with Crippen LogP contribution in [0.5, 0.6) is 0 Å². The standard InChI is InChI=1S/C19H18O2S2/c20-18-12-15-21-14-7-13-19(18,22-16-8-3-1-4-9-16)23-17-10-5-2-6-11-17/h1-6,8-12,15H,7,13-14H2/b15-12-. The van der Waals surface area contributed by atoms with Crippen LogP contribution in [0.4, 0.5) is 0 Å². The van der Waals surface area contributed by atoms with Crippen LogP contribution in [0.1, 0.15) is 12.8 Å². The molecule has 0 saturated heterocycles. The van der Waals surface area contributed by atoms with Gasteiger partial charge in [0.1, 0.15) is 4.08 Å². The van der Waals surface area contributed by atoms with Gasteiger partial charge in [-0.15, -0.1) is 0 Å². The molecule has 1 heterocycles. The summed E-state index contributed by atoms with van der Waals surface area (Å²) in [4.78, 5) is 15.1. The largest absolute Gasteiger partial charge is 0.501 e. The van der Waals surface area contributed by atoms with Crippen molar-refractivity contribution < 1.29 is 9.53 Å². The van der Waals surface area contributed by atoms with Crippen LogP contribution in [0.25, 0.3) is 0 Å². The van der Waals surface area contributed by atoms with E-state index in [0.29, 0.717) is 6.61 Å². The number of thioether (sulfide) groups is 2. The summed E-state index contributed by atoms with van der Waals surface area (Å²) in [6.07, 6.45) is 4.74. The van der Waals surface area contributed by atoms with Crippen LogP contribution in [0.3, 0.4) is 0 Å². The van der Waals surface area contributed by atoms with Gasteiger partial charge in [0, 0.05) is 15.9 Å². The number of ketones is 1. The van der Waals surface area contributed by atoms with Crippen molar-refractivity contribution in [3.63, 3.8) is 0 Å². The molecule has 3 rings (SSSR count). The Kier molecular flexibility index (Phi) is 5.47. The van der Waals surface area contributed by atoms with Crippen LogP contribution >= 0.6 is 23.5 Å². The maximum absolute atomic E-state index is 12.9. The lowest BCUT2D eigenvalue weighted by Crippen LogP contribution is -2.31. The predicted molar refractivity (Wildman–Crippen MR) is 96.7 cm³/mol. The van der Waals surface area contributed by atoms with Gasteiger partial charge in [-0.3, -0.25) is 4.79 Å². The third kappa shape index (κ3) is 4.21. The molecule has 0 aliphatic carbocycles. The van der Waals surface area contributed by atoms with Gasteiger partial charge in [-0.05, 0) is 37.1 Å². The van der Waals surface area contributed by atoms with Gasteiger partial charge in [-0.25, -0.2) is 0 Å². The minimum Gasteiger partial charge on any atom is -0.501 e. The van der Waals surface area contributed by atoms with E-state index in [0.717, 1.165) is 22.6 Å². The number of ether oxygens (including phenoxy) is 1. The molecule has 0 spiro atoms. The van der Waals surface area contributed by atoms with Crippen LogP contribution in [0.2, 0.25) is 0 Å². The van der Waals surface area contributed by atoms with Crippen molar-refractivity contribution in [2.45, 2.75) is 26.7 Å². The molecule has 0 aromatic heterocycles. The number of allylic oxidation sites excluding steroid dienone is 1. The van der Waals surface area contributed by atoms with Crippen molar-refractivity contribution in [1.82, 2.24) is 0 Å². The first-order valence-electron chi connectivity index (χ1n) is 7.59. The zero-order valence-corrected chi connectivity index (χ0v) is 14.3. The highest BCUT2D eigenvalue weighted by atomic mass is 32.2. The van der Waals surface area contributed by atoms with Crippen LogP contribution in [0.15, 0.2) is 82.8 Å². The molecule has 2 aromatic rings. The molecular weight excluding hydrogens is 324 g/mol. The van der Waals surface area contributed by atoms with Crippen molar-refractivity contribution in [2.75, 3.05) is 6.61 Å². The number of hydrogen-bond acceptors (Lipinski definition) is 4. The topological polar surface area (TPSA) is 26.3 Å². The fraction of sp³-hybridized carbons (Fsp3) is 0.211. The van der Waals surface area contributed by atoms with E-state index in [-0.39, 0.29) is 5.78 Å². The molecule has 0 bridgehead atoms. The molecule has 0 radical (unpaired) electrons. The molecule has 0 unspecified atom stereocenters. The fourth-order valence-corrected chi connectivity index (χ4v) is 5.32. The second kappa shape index (κ2) is 7.75. The summed E-state index contributed by atoms with van der Waals surface area (Å²) in [5.74, 6) is 0.0971. The fourth-order valence-electron chi connectivity index (χ4n) is 2.40. The van der Waals surface area contributed by atoms with Gasteiger partial charge in [-0.2, -0.15) is 0 Å². The molecule has 0 fully saturated rings. The molecule has 0 saturated carbocycles. The molecule has 1 aliphatic rings. The lowest BCUT2D eigenvalue weighted by atomic mass is 10.1. The third-order valence-corrected chi connectivity index (χ3v) is 6.50. The first-order valence-corrected chi connectivity index (χ1v) is 9.22. The van der Waals surface area contributed by atoms with Gasteiger partial charge in [0.05, 0.1) is 12.9 Å². The highest BCUT2D eigenvalue weighted by molar-refractivity contribution is 8.19. The number of hydrogen-bond donors (Lipinski definition) is 0. The lowest BCUT2D eigenvalue weighted by molar-refractivity contribution is -0.115. The Hall–Kier alpha value is -1.65. The summed E-state index contributed by atoms with van der Waals surface area (Å²) in [7, 11) is 0. The van der Waals surface area contributed by atoms with Gasteiger partial charge >= 0.3 is 0 Å². The summed E-state index contributed by atoms with van der Waals surface area (Å²) < 4.78 is 4.77. The molecule has 0 atom stereocenters. The first-order chi connectivity index (χ1) is 11.3. The summed E-state index contributed by atoms with van der Waals surface area (Å²) in [6.45, 7) is 0.649. The van der Waals surface area contributed by atoms with E-state index in [4.69, 9.17) is 4.74 Å². The van der Waals surface area contributed by atoms with Crippen LogP contribution in [-0.2, 0) is 9.53 Å². The SMILES string of the molecule is O=C1/C=C\OCCCC1(Sc1ccccc1)Sc1ccccc1. The number of carbonyl (C=O) groups excluding carboxylic acids is 1. The van der Waals surface area contributed by atoms with Crippen molar-refractivity contribution >= 4 is 29.3 Å². The Morgan fingerprint density at radius 3 is 2.00 bits per heavy atom. The maximum atomic E-state index is 12.9. The Labute approximate surface area is 145 Å². The van der Waals surface area contributed by atoms with Gasteiger partial charge in [0.15, 0.2) is 5.78 Å². The zero-order chi connectivity index (χ0) is 16.0. The van der Waals surface area contributed by atoms with Crippen molar-refractivity contribution in [3.8, 4) is 0 Å².